The van der Waals surface area contributed by atoms with Gasteiger partial charge in [-0.2, -0.15) is 12.6 Å². The minimum atomic E-state index is 0.614. The van der Waals surface area contributed by atoms with Crippen molar-refractivity contribution >= 4 is 12.6 Å². The molecule has 0 heterocycles. The molecule has 0 saturated heterocycles. The Morgan fingerprint density at radius 3 is 2.40 bits per heavy atom. The van der Waals surface area contributed by atoms with Gasteiger partial charge in [0, 0.05) is 0 Å². The Morgan fingerprint density at radius 2 is 1.90 bits per heavy atom. The van der Waals surface area contributed by atoms with E-state index in [0.717, 1.165) is 5.92 Å². The van der Waals surface area contributed by atoms with Crippen LogP contribution in [-0.2, 0) is 0 Å². The number of hydrogen-bond acceptors (Lipinski definition) is 1. The molecule has 0 aliphatic heterocycles. The van der Waals surface area contributed by atoms with Crippen molar-refractivity contribution < 1.29 is 0 Å². The second kappa shape index (κ2) is 4.27. The van der Waals surface area contributed by atoms with E-state index in [4.69, 9.17) is 0 Å². The normalized spacial score (nSPS) is 24.6. The van der Waals surface area contributed by atoms with E-state index in [1.165, 1.54) is 38.5 Å². The van der Waals surface area contributed by atoms with E-state index in [0.29, 0.717) is 5.25 Å². The molecule has 60 valence electrons. The average Bonchev–Trinajstić information content (AvgIpc) is 1.88. The van der Waals surface area contributed by atoms with Gasteiger partial charge in [-0.1, -0.05) is 39.0 Å². The minimum Gasteiger partial charge on any atom is -0.176 e. The van der Waals surface area contributed by atoms with Gasteiger partial charge in [0.2, 0.25) is 0 Å². The lowest BCUT2D eigenvalue weighted by atomic mass is 9.86. The first-order valence-corrected chi connectivity index (χ1v) is 4.98. The van der Waals surface area contributed by atoms with Gasteiger partial charge in [0.25, 0.3) is 0 Å². The second-order valence-corrected chi connectivity index (χ2v) is 4.47. The van der Waals surface area contributed by atoms with Gasteiger partial charge >= 0.3 is 0 Å². The van der Waals surface area contributed by atoms with Gasteiger partial charge in [0.05, 0.1) is 0 Å². The molecule has 0 nitrogen and oxygen atoms in total. The van der Waals surface area contributed by atoms with Crippen LogP contribution >= 0.6 is 12.6 Å². The zero-order valence-corrected chi connectivity index (χ0v) is 7.74. The fraction of sp³-hybridized carbons (Fsp3) is 1.00. The molecule has 0 N–H and O–H groups in total. The van der Waals surface area contributed by atoms with Crippen LogP contribution in [0.4, 0.5) is 0 Å². The molecule has 1 atom stereocenters. The van der Waals surface area contributed by atoms with Crippen molar-refractivity contribution in [3.63, 3.8) is 0 Å². The van der Waals surface area contributed by atoms with E-state index in [-0.39, 0.29) is 0 Å². The summed E-state index contributed by atoms with van der Waals surface area (Å²) in [6.45, 7) is 2.21. The molecule has 10 heavy (non-hydrogen) atoms. The molecule has 0 aromatic heterocycles. The summed E-state index contributed by atoms with van der Waals surface area (Å²) in [5.41, 5.74) is 0. The Balaban J connectivity index is 2.13. The summed E-state index contributed by atoms with van der Waals surface area (Å²) >= 11 is 4.41. The molecule has 1 heteroatoms. The first-order valence-electron chi connectivity index (χ1n) is 4.47. The molecular formula is C9H18S. The smallest absolute Gasteiger partial charge is 0.000895 e. The molecule has 0 amide bonds. The molecule has 0 aromatic rings. The van der Waals surface area contributed by atoms with Crippen molar-refractivity contribution in [1.82, 2.24) is 0 Å². The molecule has 1 aliphatic carbocycles. The fourth-order valence-corrected chi connectivity index (χ4v) is 2.20. The topological polar surface area (TPSA) is 0 Å². The van der Waals surface area contributed by atoms with Gasteiger partial charge in [-0.05, 0) is 17.6 Å². The highest BCUT2D eigenvalue weighted by Gasteiger charge is 2.14. The monoisotopic (exact) mass is 158 g/mol. The SMILES string of the molecule is C[C@@H](S)CC1CCCCC1. The van der Waals surface area contributed by atoms with E-state index in [1.54, 1.807) is 0 Å². The van der Waals surface area contributed by atoms with Gasteiger partial charge in [-0.3, -0.25) is 0 Å². The maximum atomic E-state index is 4.41. The minimum absolute atomic E-state index is 0.614. The number of thiol groups is 1. The lowest BCUT2D eigenvalue weighted by molar-refractivity contribution is 0.340. The van der Waals surface area contributed by atoms with Gasteiger partial charge in [0.15, 0.2) is 0 Å². The molecule has 0 spiro atoms. The molecule has 0 aromatic carbocycles. The van der Waals surface area contributed by atoms with Crippen LogP contribution in [0.1, 0.15) is 45.4 Å². The van der Waals surface area contributed by atoms with E-state index in [9.17, 15) is 0 Å². The van der Waals surface area contributed by atoms with Crippen LogP contribution in [-0.4, -0.2) is 5.25 Å². The molecule has 1 saturated carbocycles. The third-order valence-corrected chi connectivity index (χ3v) is 2.61. The van der Waals surface area contributed by atoms with E-state index in [1.807, 2.05) is 0 Å². The van der Waals surface area contributed by atoms with Crippen molar-refractivity contribution in [3.8, 4) is 0 Å². The Morgan fingerprint density at radius 1 is 1.30 bits per heavy atom. The maximum Gasteiger partial charge on any atom is -0.000895 e. The summed E-state index contributed by atoms with van der Waals surface area (Å²) in [4.78, 5) is 0. The van der Waals surface area contributed by atoms with Crippen LogP contribution in [0.5, 0.6) is 0 Å². The highest BCUT2D eigenvalue weighted by molar-refractivity contribution is 7.80. The van der Waals surface area contributed by atoms with Crippen molar-refractivity contribution in [2.75, 3.05) is 0 Å². The Kier molecular flexibility index (Phi) is 3.61. The summed E-state index contributed by atoms with van der Waals surface area (Å²) in [6.07, 6.45) is 8.66. The van der Waals surface area contributed by atoms with Crippen LogP contribution in [0, 0.1) is 5.92 Å². The van der Waals surface area contributed by atoms with Crippen molar-refractivity contribution in [3.05, 3.63) is 0 Å². The lowest BCUT2D eigenvalue weighted by Crippen LogP contribution is -2.09. The molecular weight excluding hydrogens is 140 g/mol. The largest absolute Gasteiger partial charge is 0.176 e. The first-order chi connectivity index (χ1) is 4.79. The Bertz CT molecular complexity index is 82.7. The van der Waals surface area contributed by atoms with Crippen molar-refractivity contribution in [2.45, 2.75) is 50.7 Å². The fourth-order valence-electron chi connectivity index (χ4n) is 1.91. The molecule has 1 rings (SSSR count). The second-order valence-electron chi connectivity index (χ2n) is 3.59. The van der Waals surface area contributed by atoms with Crippen LogP contribution in [0.3, 0.4) is 0 Å². The summed E-state index contributed by atoms with van der Waals surface area (Å²) in [7, 11) is 0. The Labute approximate surface area is 69.8 Å². The quantitative estimate of drug-likeness (QED) is 0.586. The molecule has 0 bridgehead atoms. The summed E-state index contributed by atoms with van der Waals surface area (Å²) in [6, 6.07) is 0. The highest BCUT2D eigenvalue weighted by atomic mass is 32.1. The van der Waals surface area contributed by atoms with Crippen LogP contribution < -0.4 is 0 Å². The van der Waals surface area contributed by atoms with Crippen LogP contribution in [0.25, 0.3) is 0 Å². The zero-order valence-electron chi connectivity index (χ0n) is 6.84. The highest BCUT2D eigenvalue weighted by Crippen LogP contribution is 2.28. The van der Waals surface area contributed by atoms with Crippen LogP contribution in [0.15, 0.2) is 0 Å². The van der Waals surface area contributed by atoms with Crippen LogP contribution in [0.2, 0.25) is 0 Å². The predicted molar refractivity (Wildman–Crippen MR) is 49.6 cm³/mol. The summed E-state index contributed by atoms with van der Waals surface area (Å²) < 4.78 is 0. The van der Waals surface area contributed by atoms with Crippen molar-refractivity contribution in [2.24, 2.45) is 5.92 Å². The van der Waals surface area contributed by atoms with E-state index < -0.39 is 0 Å². The Hall–Kier alpha value is 0.350. The van der Waals surface area contributed by atoms with Gasteiger partial charge in [-0.15, -0.1) is 0 Å². The molecule has 0 radical (unpaired) electrons. The van der Waals surface area contributed by atoms with E-state index >= 15 is 0 Å². The molecule has 1 fully saturated rings. The standard InChI is InChI=1S/C9H18S/c1-8(10)7-9-5-3-2-4-6-9/h8-10H,2-7H2,1H3/t8-/m1/s1. The summed E-state index contributed by atoms with van der Waals surface area (Å²) in [5.74, 6) is 1.00. The van der Waals surface area contributed by atoms with Gasteiger partial charge in [0.1, 0.15) is 0 Å². The van der Waals surface area contributed by atoms with Gasteiger partial charge in [-0.25, -0.2) is 0 Å². The predicted octanol–water partition coefficient (Wildman–Crippen LogP) is 3.28. The third kappa shape index (κ3) is 2.96. The zero-order chi connectivity index (χ0) is 7.40. The third-order valence-electron chi connectivity index (χ3n) is 2.40. The maximum absolute atomic E-state index is 4.41. The first kappa shape index (κ1) is 8.45. The number of rotatable bonds is 2. The van der Waals surface area contributed by atoms with E-state index in [2.05, 4.69) is 19.6 Å². The average molecular weight is 158 g/mol. The summed E-state index contributed by atoms with van der Waals surface area (Å²) in [5, 5.41) is 0.614. The molecule has 0 unspecified atom stereocenters. The van der Waals surface area contributed by atoms with Gasteiger partial charge < -0.3 is 0 Å². The molecule has 1 aliphatic rings. The number of hydrogen-bond donors (Lipinski definition) is 1. The lowest BCUT2D eigenvalue weighted by Gasteiger charge is -2.22. The van der Waals surface area contributed by atoms with Crippen molar-refractivity contribution in [1.29, 1.82) is 0 Å².